The van der Waals surface area contributed by atoms with E-state index >= 15 is 0 Å². The molecule has 0 unspecified atom stereocenters. The molecular weight excluding hydrogens is 252 g/mol. The second kappa shape index (κ2) is 6.77. The number of esters is 1. The molecule has 0 saturated heterocycles. The molecule has 0 aliphatic heterocycles. The maximum atomic E-state index is 11.5. The van der Waals surface area contributed by atoms with Gasteiger partial charge in [-0.2, -0.15) is 0 Å². The Balaban J connectivity index is 2.72. The van der Waals surface area contributed by atoms with Crippen molar-refractivity contribution < 1.29 is 14.3 Å². The van der Waals surface area contributed by atoms with Crippen LogP contribution in [0, 0.1) is 18.8 Å². The molecule has 6 heteroatoms. The molecule has 0 radical (unpaired) electrons. The zero-order chi connectivity index (χ0) is 13.5. The number of aromatic nitrogens is 1. The summed E-state index contributed by atoms with van der Waals surface area (Å²) >= 11 is 1.19. The zero-order valence-electron chi connectivity index (χ0n) is 10.5. The Morgan fingerprint density at radius 3 is 2.83 bits per heavy atom. The lowest BCUT2D eigenvalue weighted by Crippen LogP contribution is -2.19. The van der Waals surface area contributed by atoms with Crippen molar-refractivity contribution in [2.24, 2.45) is 0 Å². The van der Waals surface area contributed by atoms with E-state index in [0.717, 1.165) is 0 Å². The number of nitrogens with zero attached hydrogens (tertiary/aromatic N) is 1. The molecule has 1 aromatic heterocycles. The first-order valence-corrected chi connectivity index (χ1v) is 6.24. The van der Waals surface area contributed by atoms with Gasteiger partial charge in [-0.05, 0) is 19.8 Å². The summed E-state index contributed by atoms with van der Waals surface area (Å²) in [5, 5.41) is 3.10. The largest absolute Gasteiger partial charge is 0.462 e. The molecule has 1 amide bonds. The number of hydrogen-bond donors (Lipinski definition) is 1. The summed E-state index contributed by atoms with van der Waals surface area (Å²) in [4.78, 5) is 26.8. The van der Waals surface area contributed by atoms with Crippen LogP contribution in [-0.2, 0) is 9.53 Å². The molecule has 96 valence electrons. The van der Waals surface area contributed by atoms with Crippen molar-refractivity contribution >= 4 is 23.2 Å². The van der Waals surface area contributed by atoms with Gasteiger partial charge in [0, 0.05) is 6.92 Å². The van der Waals surface area contributed by atoms with Crippen LogP contribution in [0.5, 0.6) is 0 Å². The first-order valence-electron chi connectivity index (χ1n) is 5.42. The molecular formula is C12H14N2O3S. The first-order chi connectivity index (χ1) is 8.54. The highest BCUT2D eigenvalue weighted by molar-refractivity contribution is 7.14. The lowest BCUT2D eigenvalue weighted by Gasteiger charge is -1.97. The maximum Gasteiger partial charge on any atom is 0.350 e. The standard InChI is InChI=1S/C12H14N2O3S/c1-4-17-12(16)11-8(2)14-10(18-11)6-5-7-13-9(3)15/h4,7H2,1-3H3,(H,13,15). The van der Waals surface area contributed by atoms with Crippen LogP contribution in [0.3, 0.4) is 0 Å². The van der Waals surface area contributed by atoms with Crippen molar-refractivity contribution in [1.82, 2.24) is 10.3 Å². The van der Waals surface area contributed by atoms with Crippen LogP contribution < -0.4 is 5.32 Å². The number of thiazole rings is 1. The summed E-state index contributed by atoms with van der Waals surface area (Å²) in [6.07, 6.45) is 0. The molecule has 0 aromatic carbocycles. The third-order valence-corrected chi connectivity index (χ3v) is 2.93. The zero-order valence-corrected chi connectivity index (χ0v) is 11.3. The van der Waals surface area contributed by atoms with Crippen molar-refractivity contribution in [1.29, 1.82) is 0 Å². The average molecular weight is 266 g/mol. The van der Waals surface area contributed by atoms with E-state index in [1.54, 1.807) is 13.8 Å². The van der Waals surface area contributed by atoms with Crippen LogP contribution >= 0.6 is 11.3 Å². The second-order valence-corrected chi connectivity index (χ2v) is 4.36. The SMILES string of the molecule is CCOC(=O)c1sc(C#CCNC(C)=O)nc1C. The predicted octanol–water partition coefficient (Wildman–Crippen LogP) is 1.12. The summed E-state index contributed by atoms with van der Waals surface area (Å²) in [6, 6.07) is 0. The number of carbonyl (C=O) groups excluding carboxylic acids is 2. The van der Waals surface area contributed by atoms with Gasteiger partial charge >= 0.3 is 5.97 Å². The van der Waals surface area contributed by atoms with Crippen molar-refractivity contribution in [2.75, 3.05) is 13.2 Å². The fourth-order valence-electron chi connectivity index (χ4n) is 1.12. The van der Waals surface area contributed by atoms with Gasteiger partial charge in [0.05, 0.1) is 18.8 Å². The minimum Gasteiger partial charge on any atom is -0.462 e. The highest BCUT2D eigenvalue weighted by atomic mass is 32.1. The molecule has 0 fully saturated rings. The van der Waals surface area contributed by atoms with Crippen LogP contribution in [0.25, 0.3) is 0 Å². The number of aryl methyl sites for hydroxylation is 1. The lowest BCUT2D eigenvalue weighted by molar-refractivity contribution is -0.118. The Hall–Kier alpha value is -1.87. The molecule has 0 saturated carbocycles. The van der Waals surface area contributed by atoms with Crippen LogP contribution in [0.2, 0.25) is 0 Å². The van der Waals surface area contributed by atoms with E-state index in [1.165, 1.54) is 18.3 Å². The quantitative estimate of drug-likeness (QED) is 0.657. The fourth-order valence-corrected chi connectivity index (χ4v) is 1.96. The molecule has 18 heavy (non-hydrogen) atoms. The van der Waals surface area contributed by atoms with Gasteiger partial charge < -0.3 is 10.1 Å². The monoisotopic (exact) mass is 266 g/mol. The van der Waals surface area contributed by atoms with Crippen molar-refractivity contribution in [3.63, 3.8) is 0 Å². The van der Waals surface area contributed by atoms with E-state index in [9.17, 15) is 9.59 Å². The molecule has 0 aliphatic rings. The van der Waals surface area contributed by atoms with Crippen molar-refractivity contribution in [3.05, 3.63) is 15.6 Å². The molecule has 1 N–H and O–H groups in total. The van der Waals surface area contributed by atoms with Gasteiger partial charge in [0.25, 0.3) is 0 Å². The number of amides is 1. The van der Waals surface area contributed by atoms with E-state index in [2.05, 4.69) is 22.1 Å². The molecule has 0 atom stereocenters. The number of carbonyl (C=O) groups is 2. The second-order valence-electron chi connectivity index (χ2n) is 3.37. The van der Waals surface area contributed by atoms with Crippen LogP contribution in [0.4, 0.5) is 0 Å². The predicted molar refractivity (Wildman–Crippen MR) is 68.4 cm³/mol. The van der Waals surface area contributed by atoms with E-state index in [1.807, 2.05) is 0 Å². The van der Waals surface area contributed by atoms with Crippen molar-refractivity contribution in [2.45, 2.75) is 20.8 Å². The Kier molecular flexibility index (Phi) is 5.33. The molecule has 1 rings (SSSR count). The Morgan fingerprint density at radius 2 is 2.22 bits per heavy atom. The van der Waals surface area contributed by atoms with E-state index < -0.39 is 0 Å². The Bertz CT molecular complexity index is 511. The maximum absolute atomic E-state index is 11.5. The smallest absolute Gasteiger partial charge is 0.350 e. The Labute approximate surface area is 110 Å². The molecule has 0 spiro atoms. The first kappa shape index (κ1) is 14.2. The summed E-state index contributed by atoms with van der Waals surface area (Å²) in [5.41, 5.74) is 0.613. The normalized spacial score (nSPS) is 9.28. The molecule has 1 heterocycles. The fraction of sp³-hybridized carbons (Fsp3) is 0.417. The third kappa shape index (κ3) is 4.18. The van der Waals surface area contributed by atoms with E-state index in [-0.39, 0.29) is 18.4 Å². The highest BCUT2D eigenvalue weighted by Gasteiger charge is 2.15. The summed E-state index contributed by atoms with van der Waals surface area (Å²) < 4.78 is 4.91. The number of ether oxygens (including phenoxy) is 1. The van der Waals surface area contributed by atoms with Gasteiger partial charge in [0.15, 0.2) is 5.01 Å². The number of nitrogens with one attached hydrogen (secondary N) is 1. The van der Waals surface area contributed by atoms with E-state index in [0.29, 0.717) is 22.2 Å². The summed E-state index contributed by atoms with van der Waals surface area (Å²) in [6.45, 7) is 5.51. The number of rotatable bonds is 3. The highest BCUT2D eigenvalue weighted by Crippen LogP contribution is 2.18. The van der Waals surface area contributed by atoms with Gasteiger partial charge in [-0.3, -0.25) is 4.79 Å². The van der Waals surface area contributed by atoms with Crippen molar-refractivity contribution in [3.8, 4) is 11.8 Å². The third-order valence-electron chi connectivity index (χ3n) is 1.88. The summed E-state index contributed by atoms with van der Waals surface area (Å²) in [7, 11) is 0. The van der Waals surface area contributed by atoms with Gasteiger partial charge in [0.1, 0.15) is 4.88 Å². The van der Waals surface area contributed by atoms with E-state index in [4.69, 9.17) is 4.74 Å². The van der Waals surface area contributed by atoms with Gasteiger partial charge in [-0.15, -0.1) is 0 Å². The minimum atomic E-state index is -0.373. The molecule has 0 aliphatic carbocycles. The van der Waals surface area contributed by atoms with Gasteiger partial charge in [-0.25, -0.2) is 9.78 Å². The lowest BCUT2D eigenvalue weighted by atomic mass is 10.4. The van der Waals surface area contributed by atoms with Crippen LogP contribution in [0.15, 0.2) is 0 Å². The van der Waals surface area contributed by atoms with Crippen LogP contribution in [-0.4, -0.2) is 30.0 Å². The average Bonchev–Trinajstić information content (AvgIpc) is 2.66. The number of hydrogen-bond acceptors (Lipinski definition) is 5. The van der Waals surface area contributed by atoms with Gasteiger partial charge in [0.2, 0.25) is 5.91 Å². The molecule has 0 bridgehead atoms. The Morgan fingerprint density at radius 1 is 1.50 bits per heavy atom. The molecule has 5 nitrogen and oxygen atoms in total. The summed E-state index contributed by atoms with van der Waals surface area (Å²) in [5.74, 6) is 5.05. The molecule has 1 aromatic rings. The van der Waals surface area contributed by atoms with Crippen LogP contribution in [0.1, 0.15) is 34.2 Å². The van der Waals surface area contributed by atoms with Gasteiger partial charge in [-0.1, -0.05) is 17.3 Å². The minimum absolute atomic E-state index is 0.133. The topological polar surface area (TPSA) is 68.3 Å².